The van der Waals surface area contributed by atoms with Gasteiger partial charge in [0.25, 0.3) is 0 Å². The number of hydrogen-bond acceptors (Lipinski definition) is 9. The molecule has 0 aromatic heterocycles. The summed E-state index contributed by atoms with van der Waals surface area (Å²) in [6.07, 6.45) is 7.02. The standard InChI is InChI=1S/C36H53NO8S/c1-6-16-42-17-10-11-28-19-25(3)32(43-28)15-14-29-18-24(2)26(4)33(44-29)21-34-31(23-46(39,40)30-12-8-7-9-13-30)36(41-5)35(45-34)20-27(38)22-37/h6-13,24,27-29,31-36,38H,1,3-4,14-23,37H2,2,5H3/b11-10+/t24?,27?,28?,29?,31?,32?,33?,34-,35?,36+/m0/s1. The lowest BCUT2D eigenvalue weighted by Gasteiger charge is -2.38. The van der Waals surface area contributed by atoms with Crippen LogP contribution in [0.5, 0.6) is 0 Å². The highest BCUT2D eigenvalue weighted by atomic mass is 32.2. The maximum atomic E-state index is 13.5. The third kappa shape index (κ3) is 9.70. The number of sulfone groups is 1. The molecule has 3 aliphatic rings. The van der Waals surface area contributed by atoms with E-state index in [-0.39, 0.29) is 53.9 Å². The second kappa shape index (κ2) is 17.3. The molecule has 1 aromatic rings. The molecule has 8 unspecified atom stereocenters. The van der Waals surface area contributed by atoms with Crippen LogP contribution in [0.2, 0.25) is 0 Å². The van der Waals surface area contributed by atoms with E-state index >= 15 is 0 Å². The van der Waals surface area contributed by atoms with Gasteiger partial charge in [0.05, 0.1) is 72.7 Å². The Labute approximate surface area is 275 Å². The van der Waals surface area contributed by atoms with Crippen molar-refractivity contribution in [1.82, 2.24) is 0 Å². The minimum absolute atomic E-state index is 0.00775. The van der Waals surface area contributed by atoms with Gasteiger partial charge in [-0.2, -0.15) is 0 Å². The van der Waals surface area contributed by atoms with Gasteiger partial charge >= 0.3 is 0 Å². The summed E-state index contributed by atoms with van der Waals surface area (Å²) in [7, 11) is -2.08. The highest BCUT2D eigenvalue weighted by molar-refractivity contribution is 7.91. The summed E-state index contributed by atoms with van der Waals surface area (Å²) in [5, 5.41) is 10.4. The zero-order valence-electron chi connectivity index (χ0n) is 27.4. The molecule has 3 aliphatic heterocycles. The van der Waals surface area contributed by atoms with E-state index in [0.29, 0.717) is 19.6 Å². The fourth-order valence-electron chi connectivity index (χ4n) is 6.92. The Morgan fingerprint density at radius 1 is 1.09 bits per heavy atom. The van der Waals surface area contributed by atoms with Crippen LogP contribution in [0.3, 0.4) is 0 Å². The van der Waals surface area contributed by atoms with Crippen LogP contribution < -0.4 is 5.73 Å². The molecule has 0 saturated carbocycles. The van der Waals surface area contributed by atoms with Crippen LogP contribution in [0, 0.1) is 11.8 Å². The van der Waals surface area contributed by atoms with Crippen LogP contribution in [0.15, 0.2) is 84.3 Å². The van der Waals surface area contributed by atoms with Gasteiger partial charge in [0.1, 0.15) is 0 Å². The largest absolute Gasteiger partial charge is 0.392 e. The Kier molecular flexibility index (Phi) is 13.8. The van der Waals surface area contributed by atoms with Gasteiger partial charge in [-0.25, -0.2) is 8.42 Å². The SMILES string of the molecule is C=CCOC/C=C/C1CC(=C)C(CCC2CC(C)C(=C)C(C[C@@H]3OC(CC(O)CN)[C@H](OC)C3CS(=O)(=O)c3ccccc3)O2)O1. The van der Waals surface area contributed by atoms with Crippen molar-refractivity contribution in [3.8, 4) is 0 Å². The molecule has 3 heterocycles. The summed E-state index contributed by atoms with van der Waals surface area (Å²) in [5.74, 6) is -0.395. The van der Waals surface area contributed by atoms with E-state index in [1.807, 2.05) is 12.2 Å². The van der Waals surface area contributed by atoms with Crippen LogP contribution >= 0.6 is 0 Å². The fourth-order valence-corrected chi connectivity index (χ4v) is 8.59. The fraction of sp³-hybridized carbons (Fsp3) is 0.611. The van der Waals surface area contributed by atoms with E-state index in [1.54, 1.807) is 43.5 Å². The van der Waals surface area contributed by atoms with Gasteiger partial charge in [-0.3, -0.25) is 0 Å². The normalized spacial score (nSPS) is 32.7. The number of benzene rings is 1. The maximum Gasteiger partial charge on any atom is 0.178 e. The lowest BCUT2D eigenvalue weighted by molar-refractivity contribution is -0.0766. The van der Waals surface area contributed by atoms with Crippen molar-refractivity contribution >= 4 is 9.84 Å². The molecule has 10 atom stereocenters. The Hall–Kier alpha value is -2.15. The number of ether oxygens (including phenoxy) is 5. The van der Waals surface area contributed by atoms with Crippen molar-refractivity contribution < 1.29 is 37.2 Å². The zero-order chi connectivity index (χ0) is 33.3. The van der Waals surface area contributed by atoms with E-state index in [2.05, 4.69) is 26.7 Å². The molecule has 1 aromatic carbocycles. The van der Waals surface area contributed by atoms with E-state index in [4.69, 9.17) is 29.4 Å². The minimum atomic E-state index is -3.64. The summed E-state index contributed by atoms with van der Waals surface area (Å²) >= 11 is 0. The van der Waals surface area contributed by atoms with Gasteiger partial charge in [-0.1, -0.05) is 56.5 Å². The first-order valence-electron chi connectivity index (χ1n) is 16.4. The number of hydrogen-bond donors (Lipinski definition) is 2. The second-order valence-corrected chi connectivity index (χ2v) is 14.9. The topological polar surface area (TPSA) is 127 Å². The van der Waals surface area contributed by atoms with Crippen molar-refractivity contribution in [1.29, 1.82) is 0 Å². The molecule has 0 amide bonds. The summed E-state index contributed by atoms with van der Waals surface area (Å²) in [6.45, 7) is 15.6. The minimum Gasteiger partial charge on any atom is -0.392 e. The Bertz CT molecular complexity index is 1280. The summed E-state index contributed by atoms with van der Waals surface area (Å²) < 4.78 is 57.8. The molecule has 3 fully saturated rings. The summed E-state index contributed by atoms with van der Waals surface area (Å²) in [5.41, 5.74) is 7.78. The zero-order valence-corrected chi connectivity index (χ0v) is 28.2. The lowest BCUT2D eigenvalue weighted by Crippen LogP contribution is -2.40. The van der Waals surface area contributed by atoms with Crippen LogP contribution in [-0.4, -0.2) is 95.0 Å². The van der Waals surface area contributed by atoms with Crippen LogP contribution in [0.4, 0.5) is 0 Å². The average Bonchev–Trinajstić information content (AvgIpc) is 3.55. The number of nitrogens with two attached hydrogens (primary N) is 1. The summed E-state index contributed by atoms with van der Waals surface area (Å²) in [4.78, 5) is 0.260. The first-order valence-corrected chi connectivity index (χ1v) is 18.1. The predicted octanol–water partition coefficient (Wildman–Crippen LogP) is 4.56. The molecule has 3 N–H and O–H groups in total. The highest BCUT2D eigenvalue weighted by Crippen LogP contribution is 2.41. The van der Waals surface area contributed by atoms with Crippen molar-refractivity contribution in [2.24, 2.45) is 17.6 Å². The Balaban J connectivity index is 1.42. The van der Waals surface area contributed by atoms with Crippen LogP contribution in [0.25, 0.3) is 0 Å². The molecule has 9 nitrogen and oxygen atoms in total. The third-order valence-electron chi connectivity index (χ3n) is 9.45. The molecule has 0 spiro atoms. The van der Waals surface area contributed by atoms with Crippen molar-refractivity contribution in [3.63, 3.8) is 0 Å². The Morgan fingerprint density at radius 3 is 2.54 bits per heavy atom. The van der Waals surface area contributed by atoms with Crippen molar-refractivity contribution in [3.05, 3.63) is 79.4 Å². The Morgan fingerprint density at radius 2 is 1.85 bits per heavy atom. The van der Waals surface area contributed by atoms with Crippen LogP contribution in [-0.2, 0) is 33.5 Å². The molecular formula is C36H53NO8S. The van der Waals surface area contributed by atoms with Gasteiger partial charge in [-0.15, -0.1) is 6.58 Å². The molecule has 3 saturated heterocycles. The van der Waals surface area contributed by atoms with Gasteiger partial charge in [0.2, 0.25) is 0 Å². The molecule has 0 aliphatic carbocycles. The number of rotatable bonds is 17. The monoisotopic (exact) mass is 659 g/mol. The molecule has 4 rings (SSSR count). The first kappa shape index (κ1) is 36.7. The third-order valence-corrected chi connectivity index (χ3v) is 11.3. The second-order valence-electron chi connectivity index (χ2n) is 12.8. The van der Waals surface area contributed by atoms with Gasteiger partial charge < -0.3 is 34.5 Å². The smallest absolute Gasteiger partial charge is 0.178 e. The molecular weight excluding hydrogens is 606 g/mol. The molecule has 10 heteroatoms. The van der Waals surface area contributed by atoms with Crippen molar-refractivity contribution in [2.45, 2.75) is 99.2 Å². The predicted molar refractivity (Wildman–Crippen MR) is 179 cm³/mol. The van der Waals surface area contributed by atoms with Crippen molar-refractivity contribution in [2.75, 3.05) is 32.6 Å². The highest BCUT2D eigenvalue weighted by Gasteiger charge is 2.48. The van der Waals surface area contributed by atoms with Gasteiger partial charge in [0.15, 0.2) is 9.84 Å². The number of aliphatic hydroxyl groups is 1. The van der Waals surface area contributed by atoms with E-state index < -0.39 is 40.2 Å². The molecule has 256 valence electrons. The maximum absolute atomic E-state index is 13.5. The first-order chi connectivity index (χ1) is 22.1. The van der Waals surface area contributed by atoms with Gasteiger partial charge in [0, 0.05) is 38.8 Å². The quantitative estimate of drug-likeness (QED) is 0.183. The number of methoxy groups -OCH3 is 1. The van der Waals surface area contributed by atoms with E-state index in [1.165, 1.54) is 0 Å². The van der Waals surface area contributed by atoms with Crippen LogP contribution in [0.1, 0.15) is 45.4 Å². The van der Waals surface area contributed by atoms with E-state index in [0.717, 1.165) is 36.8 Å². The summed E-state index contributed by atoms with van der Waals surface area (Å²) in [6, 6.07) is 8.44. The van der Waals surface area contributed by atoms with E-state index in [9.17, 15) is 13.5 Å². The molecule has 0 radical (unpaired) electrons. The lowest BCUT2D eigenvalue weighted by atomic mass is 9.83. The molecule has 0 bridgehead atoms. The number of aliphatic hydroxyl groups excluding tert-OH is 1. The van der Waals surface area contributed by atoms with Gasteiger partial charge in [-0.05, 0) is 48.5 Å². The average molecular weight is 660 g/mol. The molecule has 46 heavy (non-hydrogen) atoms.